The summed E-state index contributed by atoms with van der Waals surface area (Å²) in [5.74, 6) is 0. The summed E-state index contributed by atoms with van der Waals surface area (Å²) in [6.07, 6.45) is 1.24. The number of nitrogens with zero attached hydrogens (tertiary/aromatic N) is 1. The summed E-state index contributed by atoms with van der Waals surface area (Å²) in [5.41, 5.74) is 1.87. The maximum absolute atomic E-state index is 8.76. The monoisotopic (exact) mass is 159 g/mol. The molecule has 1 aliphatic rings. The minimum Gasteiger partial charge on any atom is -0.373 e. The van der Waals surface area contributed by atoms with E-state index in [2.05, 4.69) is 6.07 Å². The molecule has 0 saturated carbocycles. The van der Waals surface area contributed by atoms with Gasteiger partial charge in [0.05, 0.1) is 24.3 Å². The van der Waals surface area contributed by atoms with Gasteiger partial charge in [-0.2, -0.15) is 5.26 Å². The van der Waals surface area contributed by atoms with Crippen LogP contribution in [0.3, 0.4) is 0 Å². The zero-order valence-electron chi connectivity index (χ0n) is 6.66. The lowest BCUT2D eigenvalue weighted by Crippen LogP contribution is -1.95. The van der Waals surface area contributed by atoms with Crippen molar-refractivity contribution < 1.29 is 4.74 Å². The van der Waals surface area contributed by atoms with Crippen LogP contribution in [-0.2, 0) is 11.2 Å². The lowest BCUT2D eigenvalue weighted by atomic mass is 10.0. The Kier molecular flexibility index (Phi) is 1.81. The van der Waals surface area contributed by atoms with Crippen molar-refractivity contribution >= 4 is 0 Å². The molecule has 2 heteroatoms. The third-order valence-corrected chi connectivity index (χ3v) is 1.99. The molecule has 0 spiro atoms. The molecule has 60 valence electrons. The molecule has 2 rings (SSSR count). The van der Waals surface area contributed by atoms with Gasteiger partial charge in [-0.15, -0.1) is 0 Å². The Bertz CT molecular complexity index is 323. The zero-order valence-corrected chi connectivity index (χ0v) is 6.66. The topological polar surface area (TPSA) is 36.3 Å². The fourth-order valence-electron chi connectivity index (χ4n) is 1.24. The van der Waals surface area contributed by atoms with Crippen molar-refractivity contribution in [3.8, 4) is 6.07 Å². The Morgan fingerprint density at radius 2 is 2.25 bits per heavy atom. The first-order chi connectivity index (χ1) is 5.90. The highest BCUT2D eigenvalue weighted by molar-refractivity contribution is 5.37. The molecule has 1 aliphatic heterocycles. The molecule has 12 heavy (non-hydrogen) atoms. The number of epoxide rings is 1. The number of ether oxygens (including phenoxy) is 1. The third-order valence-electron chi connectivity index (χ3n) is 1.99. The van der Waals surface area contributed by atoms with Crippen LogP contribution in [0.2, 0.25) is 0 Å². The molecule has 0 N–H and O–H groups in total. The van der Waals surface area contributed by atoms with Crippen LogP contribution >= 0.6 is 0 Å². The summed E-state index contributed by atoms with van der Waals surface area (Å²) in [4.78, 5) is 0. The highest BCUT2D eigenvalue weighted by atomic mass is 16.6. The molecule has 1 atom stereocenters. The molecular weight excluding hydrogens is 150 g/mol. The molecule has 1 aromatic carbocycles. The molecule has 2 nitrogen and oxygen atoms in total. The third kappa shape index (κ3) is 1.46. The van der Waals surface area contributed by atoms with Gasteiger partial charge in [-0.05, 0) is 11.6 Å². The molecular formula is C10H9NO. The molecule has 0 bridgehead atoms. The molecule has 0 aliphatic carbocycles. The molecule has 0 radical (unpaired) electrons. The number of benzene rings is 1. The van der Waals surface area contributed by atoms with Crippen molar-refractivity contribution in [2.45, 2.75) is 12.5 Å². The second-order valence-electron chi connectivity index (χ2n) is 2.93. The van der Waals surface area contributed by atoms with Gasteiger partial charge < -0.3 is 4.74 Å². The number of rotatable bonds is 2. The highest BCUT2D eigenvalue weighted by Crippen LogP contribution is 2.18. The van der Waals surface area contributed by atoms with Gasteiger partial charge in [-0.1, -0.05) is 18.2 Å². The van der Waals surface area contributed by atoms with Gasteiger partial charge in [0.2, 0.25) is 0 Å². The van der Waals surface area contributed by atoms with E-state index in [1.165, 1.54) is 0 Å². The highest BCUT2D eigenvalue weighted by Gasteiger charge is 2.23. The summed E-state index contributed by atoms with van der Waals surface area (Å²) in [7, 11) is 0. The minimum atomic E-state index is 0.361. The van der Waals surface area contributed by atoms with Crippen LogP contribution in [0.4, 0.5) is 0 Å². The summed E-state index contributed by atoms with van der Waals surface area (Å²) < 4.78 is 5.10. The van der Waals surface area contributed by atoms with Crippen molar-refractivity contribution in [1.82, 2.24) is 0 Å². The van der Waals surface area contributed by atoms with Crippen LogP contribution in [0.25, 0.3) is 0 Å². The Hall–Kier alpha value is -1.33. The molecule has 0 unspecified atom stereocenters. The van der Waals surface area contributed by atoms with E-state index in [4.69, 9.17) is 10.00 Å². The van der Waals surface area contributed by atoms with Crippen LogP contribution in [0.15, 0.2) is 24.3 Å². The second-order valence-corrected chi connectivity index (χ2v) is 2.93. The van der Waals surface area contributed by atoms with Gasteiger partial charge in [0.1, 0.15) is 0 Å². The van der Waals surface area contributed by atoms with E-state index in [0.29, 0.717) is 6.10 Å². The molecule has 1 heterocycles. The first kappa shape index (κ1) is 7.33. The Morgan fingerprint density at radius 1 is 1.50 bits per heavy atom. The Labute approximate surface area is 71.4 Å². The largest absolute Gasteiger partial charge is 0.373 e. The lowest BCUT2D eigenvalue weighted by Gasteiger charge is -1.98. The van der Waals surface area contributed by atoms with Crippen LogP contribution in [0, 0.1) is 11.3 Å². The maximum atomic E-state index is 8.76. The SMILES string of the molecule is N#Cc1ccccc1C[C@H]1CO1. The van der Waals surface area contributed by atoms with Gasteiger partial charge in [0.25, 0.3) is 0 Å². The predicted molar refractivity (Wildman–Crippen MR) is 44.6 cm³/mol. The standard InChI is InChI=1S/C10H9NO/c11-6-9-4-2-1-3-8(9)5-10-7-12-10/h1-4,10H,5,7H2/t10-/m0/s1. The van der Waals surface area contributed by atoms with Gasteiger partial charge in [0, 0.05) is 6.42 Å². The van der Waals surface area contributed by atoms with Crippen LogP contribution in [0.1, 0.15) is 11.1 Å². The average molecular weight is 159 g/mol. The van der Waals surface area contributed by atoms with Crippen molar-refractivity contribution in [2.24, 2.45) is 0 Å². The number of hydrogen-bond acceptors (Lipinski definition) is 2. The average Bonchev–Trinajstić information content (AvgIpc) is 2.89. The first-order valence-electron chi connectivity index (χ1n) is 4.00. The lowest BCUT2D eigenvalue weighted by molar-refractivity contribution is 0.407. The van der Waals surface area contributed by atoms with Crippen molar-refractivity contribution in [3.05, 3.63) is 35.4 Å². The van der Waals surface area contributed by atoms with E-state index in [1.807, 2.05) is 24.3 Å². The number of hydrogen-bond donors (Lipinski definition) is 0. The number of nitriles is 1. The van der Waals surface area contributed by atoms with Gasteiger partial charge in [0.15, 0.2) is 0 Å². The fraction of sp³-hybridized carbons (Fsp3) is 0.300. The van der Waals surface area contributed by atoms with Gasteiger partial charge >= 0.3 is 0 Å². The summed E-state index contributed by atoms with van der Waals surface area (Å²) in [6, 6.07) is 9.85. The van der Waals surface area contributed by atoms with Gasteiger partial charge in [-0.25, -0.2) is 0 Å². The van der Waals surface area contributed by atoms with E-state index >= 15 is 0 Å². The Balaban J connectivity index is 2.22. The van der Waals surface area contributed by atoms with Crippen LogP contribution < -0.4 is 0 Å². The first-order valence-corrected chi connectivity index (χ1v) is 4.00. The summed E-state index contributed by atoms with van der Waals surface area (Å²) in [6.45, 7) is 0.847. The molecule has 1 fully saturated rings. The van der Waals surface area contributed by atoms with E-state index in [9.17, 15) is 0 Å². The van der Waals surface area contributed by atoms with Gasteiger partial charge in [-0.3, -0.25) is 0 Å². The van der Waals surface area contributed by atoms with E-state index in [0.717, 1.165) is 24.2 Å². The maximum Gasteiger partial charge on any atom is 0.0994 e. The zero-order chi connectivity index (χ0) is 8.39. The minimum absolute atomic E-state index is 0.361. The second kappa shape index (κ2) is 2.96. The quantitative estimate of drug-likeness (QED) is 0.613. The van der Waals surface area contributed by atoms with E-state index in [1.54, 1.807) is 0 Å². The Morgan fingerprint density at radius 3 is 2.92 bits per heavy atom. The molecule has 1 aromatic rings. The summed E-state index contributed by atoms with van der Waals surface area (Å²) >= 11 is 0. The van der Waals surface area contributed by atoms with Crippen LogP contribution in [-0.4, -0.2) is 12.7 Å². The van der Waals surface area contributed by atoms with Crippen LogP contribution in [0.5, 0.6) is 0 Å². The predicted octanol–water partition coefficient (Wildman–Crippen LogP) is 1.50. The fourth-order valence-corrected chi connectivity index (χ4v) is 1.24. The molecule has 0 amide bonds. The van der Waals surface area contributed by atoms with Crippen molar-refractivity contribution in [2.75, 3.05) is 6.61 Å². The smallest absolute Gasteiger partial charge is 0.0994 e. The summed E-state index contributed by atoms with van der Waals surface area (Å²) in [5, 5.41) is 8.76. The van der Waals surface area contributed by atoms with E-state index in [-0.39, 0.29) is 0 Å². The molecule has 1 saturated heterocycles. The van der Waals surface area contributed by atoms with E-state index < -0.39 is 0 Å². The van der Waals surface area contributed by atoms with Crippen molar-refractivity contribution in [1.29, 1.82) is 5.26 Å². The molecule has 0 aromatic heterocycles. The van der Waals surface area contributed by atoms with Crippen molar-refractivity contribution in [3.63, 3.8) is 0 Å². The normalized spacial score (nSPS) is 20.1.